The molecular formula is C105H84Br7FN10O15. The molecule has 700 valence electrons. The lowest BCUT2D eigenvalue weighted by molar-refractivity contribution is 0.306. The van der Waals surface area contributed by atoms with E-state index >= 15 is 0 Å². The Labute approximate surface area is 842 Å². The van der Waals surface area contributed by atoms with E-state index in [2.05, 4.69) is 161 Å². The van der Waals surface area contributed by atoms with Crippen molar-refractivity contribution in [1.29, 1.82) is 0 Å². The van der Waals surface area contributed by atoms with Crippen molar-refractivity contribution in [3.63, 3.8) is 0 Å². The summed E-state index contributed by atoms with van der Waals surface area (Å²) in [4.78, 5) is 144. The highest BCUT2D eigenvalue weighted by Gasteiger charge is 2.13. The summed E-state index contributed by atoms with van der Waals surface area (Å²) < 4.78 is 45.0. The second kappa shape index (κ2) is 48.5. The molecule has 33 heteroatoms. The number of rotatable bonds is 7. The van der Waals surface area contributed by atoms with Gasteiger partial charge >= 0.3 is 0 Å². The van der Waals surface area contributed by atoms with Gasteiger partial charge in [0.25, 0.3) is 0 Å². The summed E-state index contributed by atoms with van der Waals surface area (Å²) in [5.74, 6) is 2.84. The third-order valence-electron chi connectivity index (χ3n) is 20.8. The summed E-state index contributed by atoms with van der Waals surface area (Å²) in [5, 5.41) is 6.58. The number of methoxy groups -OCH3 is 4. The number of aryl methyl sites for hydroxylation is 4. The van der Waals surface area contributed by atoms with Gasteiger partial charge in [-0.3, -0.25) is 47.9 Å². The molecule has 10 heterocycles. The van der Waals surface area contributed by atoms with Gasteiger partial charge in [-0.25, -0.2) is 4.39 Å². The molecule has 138 heavy (non-hydrogen) atoms. The fourth-order valence-electron chi connectivity index (χ4n) is 13.9. The molecule has 10 aromatic heterocycles. The van der Waals surface area contributed by atoms with Crippen LogP contribution in [0.2, 0.25) is 0 Å². The first-order valence-corrected chi connectivity index (χ1v) is 47.2. The third-order valence-corrected chi connectivity index (χ3v) is 25.5. The molecule has 0 aliphatic carbocycles. The Morgan fingerprint density at radius 3 is 1.19 bits per heavy atom. The second-order valence-electron chi connectivity index (χ2n) is 30.2. The van der Waals surface area contributed by atoms with Crippen molar-refractivity contribution >= 4 is 221 Å². The normalized spacial score (nSPS) is 10.5. The van der Waals surface area contributed by atoms with E-state index < -0.39 is 5.82 Å². The van der Waals surface area contributed by atoms with Gasteiger partial charge in [-0.2, -0.15) is 0 Å². The first-order chi connectivity index (χ1) is 66.3. The maximum atomic E-state index is 13.0. The van der Waals surface area contributed by atoms with Crippen LogP contribution in [0, 0.1) is 33.5 Å². The van der Waals surface area contributed by atoms with Gasteiger partial charge in [0, 0.05) is 211 Å². The van der Waals surface area contributed by atoms with E-state index in [1.807, 2.05) is 155 Å². The van der Waals surface area contributed by atoms with E-state index in [0.29, 0.717) is 77.3 Å². The number of nitrogens with one attached hydrogen (secondary N) is 10. The summed E-state index contributed by atoms with van der Waals surface area (Å²) in [6, 6.07) is 66.6. The number of halogens is 8. The summed E-state index contributed by atoms with van der Waals surface area (Å²) in [5.41, 5.74) is 13.6. The zero-order valence-electron chi connectivity index (χ0n) is 74.6. The molecule has 0 aliphatic rings. The van der Waals surface area contributed by atoms with Crippen LogP contribution in [-0.2, 0) is 6.61 Å². The summed E-state index contributed by atoms with van der Waals surface area (Å²) >= 11 is 23.3. The molecule has 11 aromatic carbocycles. The predicted molar refractivity (Wildman–Crippen MR) is 575 cm³/mol. The van der Waals surface area contributed by atoms with Crippen LogP contribution >= 0.6 is 112 Å². The van der Waals surface area contributed by atoms with Crippen LogP contribution in [-0.4, -0.2) is 78.3 Å². The van der Waals surface area contributed by atoms with Gasteiger partial charge in [0.2, 0.25) is 0 Å². The third kappa shape index (κ3) is 26.5. The first-order valence-electron chi connectivity index (χ1n) is 41.7. The van der Waals surface area contributed by atoms with Crippen molar-refractivity contribution in [1.82, 2.24) is 49.8 Å². The van der Waals surface area contributed by atoms with Crippen LogP contribution < -0.4 is 78.0 Å². The maximum absolute atomic E-state index is 13.0. The SMILES string of the molecule is COc1cc2[nH]ccc(=O)c2cc1OC.COc1cc2c(=O)cc[nH]c2cc1Br.COc1ccc2[nH]ccc(=O)c2c1.Cc1cc(Br)c2c(=O)cc[nH]c2c1.Cc1cc(Br)cc2[nH]ccc(=O)c12.Cc1cc2c(=O)cc[nH]c2cc1Br.Cc1ccc2[nH]ccc(=O)c2c1Br.O=c1cc[nH]c2cc(Br)c(F)cc12.O=c1cc[nH]c2cc(OCc3ccccc3)ccc12.O=c1cc[nH]c2ccc(Br)cc12. The first kappa shape index (κ1) is 103. The molecule has 0 unspecified atom stereocenters. The van der Waals surface area contributed by atoms with E-state index in [0.717, 1.165) is 126 Å². The van der Waals surface area contributed by atoms with Gasteiger partial charge in [0.05, 0.1) is 92.3 Å². The summed E-state index contributed by atoms with van der Waals surface area (Å²) in [6.07, 6.45) is 16.3. The van der Waals surface area contributed by atoms with Crippen molar-refractivity contribution < 1.29 is 28.1 Å². The van der Waals surface area contributed by atoms with Gasteiger partial charge in [-0.05, 0) is 241 Å². The summed E-state index contributed by atoms with van der Waals surface area (Å²) in [7, 11) is 6.26. The van der Waals surface area contributed by atoms with E-state index in [4.69, 9.17) is 23.7 Å². The van der Waals surface area contributed by atoms with Crippen molar-refractivity contribution in [2.75, 3.05) is 28.4 Å². The van der Waals surface area contributed by atoms with E-state index in [1.54, 1.807) is 127 Å². The Balaban J connectivity index is 0.000000138. The molecule has 10 N–H and O–H groups in total. The molecule has 0 spiro atoms. The Morgan fingerprint density at radius 1 is 0.254 bits per heavy atom. The molecule has 21 rings (SSSR count). The topological polar surface area (TPSA) is 375 Å². The molecule has 0 bridgehead atoms. The van der Waals surface area contributed by atoms with Crippen LogP contribution in [0.1, 0.15) is 27.8 Å². The Kier molecular flexibility index (Phi) is 36.1. The minimum Gasteiger partial charge on any atom is -0.497 e. The van der Waals surface area contributed by atoms with Crippen LogP contribution in [0.3, 0.4) is 0 Å². The number of fused-ring (bicyclic) bond motifs is 10. The summed E-state index contributed by atoms with van der Waals surface area (Å²) in [6.45, 7) is 8.38. The van der Waals surface area contributed by atoms with Crippen LogP contribution in [0.25, 0.3) is 109 Å². The molecule has 0 radical (unpaired) electrons. The molecule has 0 fully saturated rings. The highest BCUT2D eigenvalue weighted by atomic mass is 79.9. The molecule has 0 amide bonds. The molecule has 21 aromatic rings. The van der Waals surface area contributed by atoms with Gasteiger partial charge in [0.15, 0.2) is 65.8 Å². The number of pyridine rings is 10. The molecule has 25 nitrogen and oxygen atoms in total. The van der Waals surface area contributed by atoms with E-state index in [-0.39, 0.29) is 54.3 Å². The number of hydrogen-bond donors (Lipinski definition) is 10. The van der Waals surface area contributed by atoms with E-state index in [9.17, 15) is 52.3 Å². The Hall–Kier alpha value is -14.2. The van der Waals surface area contributed by atoms with Gasteiger partial charge in [0.1, 0.15) is 29.7 Å². The van der Waals surface area contributed by atoms with Gasteiger partial charge < -0.3 is 73.5 Å². The highest BCUT2D eigenvalue weighted by Crippen LogP contribution is 2.32. The van der Waals surface area contributed by atoms with Gasteiger partial charge in [-0.15, -0.1) is 0 Å². The standard InChI is InChI=1S/C16H13NO2.C11H11NO3.C10H8BrNO2.4C10H8BrNO.C10H9NO2.C9H5BrFNO.C9H6BrNO/c18-16-8-9-17-15-10-13(6-7-14(15)16)19-11-12-4-2-1-3-5-12;1-14-10-5-7-8(6-11(10)15-2)12-4-3-9(7)13;1-14-10-4-6-8(5-7(10)11)12-3-2-9(6)13;1-6-4-7-9(5-8(6)11)12-3-2-10(7)13;1-6-4-7(11)5-8-10(6)9(13)2-3-12-8;1-6-4-7(11)10-8(5-6)12-3-2-9(10)13;1-6-2-3-7-9(10(6)11)8(13)4-5-12-7;1-13-7-2-3-9-8(6-7)10(12)4-5-11-9;10-6-4-8-5(3-7(6)11)9(13)1-2-12-8;10-6-1-2-8-7(5-6)9(12)3-4-11-8/h1-10H,11H2,(H,17,18);3-6H,1-2H3,(H,12,13);2-5H,1H3,(H,12,13);4*2-5H,1H3,(H,12,13);2-6H,1H3,(H,11,12);1-4H,(H,12,13);1-5H,(H,11,12). The van der Waals surface area contributed by atoms with Crippen molar-refractivity contribution in [3.05, 3.63) is 460 Å². The number of aromatic nitrogens is 10. The molecular weight excluding hydrogens is 2220 g/mol. The predicted octanol–water partition coefficient (Wildman–Crippen LogP) is 23.6. The van der Waals surface area contributed by atoms with Gasteiger partial charge in [-0.1, -0.05) is 84.2 Å². The van der Waals surface area contributed by atoms with Crippen molar-refractivity contribution in [2.45, 2.75) is 34.3 Å². The molecule has 0 saturated heterocycles. The number of benzene rings is 11. The minimum absolute atomic E-state index is 0.00708. The lowest BCUT2D eigenvalue weighted by atomic mass is 10.1. The van der Waals surface area contributed by atoms with Crippen molar-refractivity contribution in [2.24, 2.45) is 0 Å². The number of aromatic amines is 10. The zero-order valence-corrected chi connectivity index (χ0v) is 85.7. The largest absolute Gasteiger partial charge is 0.497 e. The maximum Gasteiger partial charge on any atom is 0.190 e. The average molecular weight is 2300 g/mol. The number of hydrogen-bond acceptors (Lipinski definition) is 15. The van der Waals surface area contributed by atoms with E-state index in [1.165, 1.54) is 66.9 Å². The number of ether oxygens (including phenoxy) is 5. The molecule has 0 aliphatic heterocycles. The van der Waals surface area contributed by atoms with Crippen LogP contribution in [0.5, 0.6) is 28.7 Å². The quantitative estimate of drug-likeness (QED) is 0.0709. The molecule has 0 saturated carbocycles. The van der Waals surface area contributed by atoms with Crippen LogP contribution in [0.15, 0.2) is 372 Å². The zero-order chi connectivity index (χ0) is 99.0. The van der Waals surface area contributed by atoms with Crippen molar-refractivity contribution in [3.8, 4) is 28.7 Å². The highest BCUT2D eigenvalue weighted by molar-refractivity contribution is 9.11. The Morgan fingerprint density at radius 2 is 0.652 bits per heavy atom. The number of H-pyrrole nitrogens is 10. The smallest absolute Gasteiger partial charge is 0.190 e. The minimum atomic E-state index is -0.427. The second-order valence-corrected chi connectivity index (χ2v) is 36.2. The molecule has 0 atom stereocenters. The average Bonchev–Trinajstić information content (AvgIpc) is 0.809. The van der Waals surface area contributed by atoms with Crippen LogP contribution in [0.4, 0.5) is 4.39 Å². The lowest BCUT2D eigenvalue weighted by Crippen LogP contribution is -2.01. The lowest BCUT2D eigenvalue weighted by Gasteiger charge is -2.08. The monoisotopic (exact) mass is 2300 g/mol. The fraction of sp³-hybridized carbons (Fsp3) is 0.0857. The fourth-order valence-corrected chi connectivity index (χ4v) is 17.3. The Bertz CT molecular complexity index is 8510.